The zero-order valence-corrected chi connectivity index (χ0v) is 9.02. The summed E-state index contributed by atoms with van der Waals surface area (Å²) in [5.41, 5.74) is 0.168. The van der Waals surface area contributed by atoms with Crippen LogP contribution in [0.4, 0.5) is 0 Å². The number of carbonyl (C=O) groups is 2. The number of ether oxygens (including phenoxy) is 1. The Hall–Kier alpha value is -1.78. The van der Waals surface area contributed by atoms with Gasteiger partial charge in [-0.05, 0) is 12.8 Å². The number of carboxylic acids is 1. The number of carbonyl (C=O) groups excluding carboxylic acids is 1. The first kappa shape index (κ1) is 12.3. The topological polar surface area (TPSA) is 83.8 Å². The maximum Gasteiger partial charge on any atom is 0.343 e. The lowest BCUT2D eigenvalue weighted by molar-refractivity contribution is -0.133. The van der Waals surface area contributed by atoms with Gasteiger partial charge in [-0.25, -0.2) is 9.59 Å². The number of hydrogen-bond acceptors (Lipinski definition) is 4. The largest absolute Gasteiger partial charge is 0.504 e. The highest BCUT2D eigenvalue weighted by Crippen LogP contribution is 2.27. The third-order valence-electron chi connectivity index (χ3n) is 2.25. The molecule has 0 fully saturated rings. The molecule has 5 heteroatoms. The summed E-state index contributed by atoms with van der Waals surface area (Å²) in [5, 5.41) is 18.0. The molecular weight excluding hydrogens is 212 g/mol. The van der Waals surface area contributed by atoms with Gasteiger partial charge in [0.25, 0.3) is 0 Å². The van der Waals surface area contributed by atoms with Crippen molar-refractivity contribution in [1.82, 2.24) is 0 Å². The van der Waals surface area contributed by atoms with Crippen LogP contribution >= 0.6 is 0 Å². The average Bonchev–Trinajstić information content (AvgIpc) is 2.45. The first-order chi connectivity index (χ1) is 7.56. The second-order valence-corrected chi connectivity index (χ2v) is 3.52. The lowest BCUT2D eigenvalue weighted by Gasteiger charge is -1.97. The van der Waals surface area contributed by atoms with Crippen molar-refractivity contribution in [2.45, 2.75) is 32.6 Å². The Morgan fingerprint density at radius 2 is 2.12 bits per heavy atom. The first-order valence-electron chi connectivity index (χ1n) is 5.15. The molecule has 0 aromatic heterocycles. The van der Waals surface area contributed by atoms with E-state index in [1.54, 1.807) is 0 Å². The summed E-state index contributed by atoms with van der Waals surface area (Å²) >= 11 is 0. The normalized spacial score (nSPS) is 18.1. The van der Waals surface area contributed by atoms with Gasteiger partial charge in [-0.2, -0.15) is 0 Å². The standard InChI is InChI=1S/C11H14O5/c1-2-3-4-5-7-10(14)8(6-9(12)13)16-11(7)15/h6,14H,2-5H2,1H3,(H,12,13)/b8-6+. The number of cyclic esters (lactones) is 1. The van der Waals surface area contributed by atoms with Gasteiger partial charge in [0.05, 0.1) is 11.6 Å². The Labute approximate surface area is 93.0 Å². The van der Waals surface area contributed by atoms with Crippen molar-refractivity contribution in [3.8, 4) is 0 Å². The predicted octanol–water partition coefficient (Wildman–Crippen LogP) is 1.90. The van der Waals surface area contributed by atoms with E-state index in [2.05, 4.69) is 4.74 Å². The molecule has 0 radical (unpaired) electrons. The highest BCUT2D eigenvalue weighted by Gasteiger charge is 2.29. The molecule has 1 aliphatic heterocycles. The number of aliphatic hydroxyl groups is 1. The van der Waals surface area contributed by atoms with E-state index in [1.165, 1.54) is 0 Å². The Balaban J connectivity index is 2.77. The number of aliphatic carboxylic acids is 1. The molecule has 0 saturated heterocycles. The van der Waals surface area contributed by atoms with E-state index in [9.17, 15) is 14.7 Å². The maximum absolute atomic E-state index is 11.3. The fourth-order valence-corrected chi connectivity index (χ4v) is 1.44. The fourth-order valence-electron chi connectivity index (χ4n) is 1.44. The monoisotopic (exact) mass is 226 g/mol. The van der Waals surface area contributed by atoms with Gasteiger partial charge in [0.15, 0.2) is 11.5 Å². The molecule has 0 bridgehead atoms. The van der Waals surface area contributed by atoms with Crippen molar-refractivity contribution in [3.05, 3.63) is 23.2 Å². The molecule has 0 atom stereocenters. The van der Waals surface area contributed by atoms with Crippen molar-refractivity contribution in [1.29, 1.82) is 0 Å². The van der Waals surface area contributed by atoms with Crippen LogP contribution in [0.3, 0.4) is 0 Å². The van der Waals surface area contributed by atoms with E-state index in [0.29, 0.717) is 12.5 Å². The van der Waals surface area contributed by atoms with E-state index in [0.717, 1.165) is 19.3 Å². The predicted molar refractivity (Wildman–Crippen MR) is 55.6 cm³/mol. The van der Waals surface area contributed by atoms with Crippen LogP contribution in [0.25, 0.3) is 0 Å². The molecule has 1 rings (SSSR count). The molecule has 88 valence electrons. The molecule has 0 aromatic carbocycles. The molecule has 1 aliphatic rings. The van der Waals surface area contributed by atoms with Crippen LogP contribution in [0, 0.1) is 0 Å². The molecule has 0 aromatic rings. The quantitative estimate of drug-likeness (QED) is 0.425. The summed E-state index contributed by atoms with van der Waals surface area (Å²) in [6, 6.07) is 0. The van der Waals surface area contributed by atoms with E-state index in [1.807, 2.05) is 6.92 Å². The van der Waals surface area contributed by atoms with Crippen molar-refractivity contribution in [2.24, 2.45) is 0 Å². The van der Waals surface area contributed by atoms with Crippen LogP contribution in [0.15, 0.2) is 23.2 Å². The Morgan fingerprint density at radius 3 is 2.69 bits per heavy atom. The molecule has 5 nitrogen and oxygen atoms in total. The highest BCUT2D eigenvalue weighted by atomic mass is 16.6. The van der Waals surface area contributed by atoms with E-state index in [-0.39, 0.29) is 17.1 Å². The molecule has 2 N–H and O–H groups in total. The molecule has 0 spiro atoms. The van der Waals surface area contributed by atoms with Crippen molar-refractivity contribution in [3.63, 3.8) is 0 Å². The van der Waals surface area contributed by atoms with Gasteiger partial charge in [0.2, 0.25) is 0 Å². The summed E-state index contributed by atoms with van der Waals surface area (Å²) in [5.74, 6) is -2.53. The Bertz CT molecular complexity index is 365. The molecular formula is C11H14O5. The number of esters is 1. The summed E-state index contributed by atoms with van der Waals surface area (Å²) in [7, 11) is 0. The van der Waals surface area contributed by atoms with Gasteiger partial charge in [-0.3, -0.25) is 0 Å². The van der Waals surface area contributed by atoms with Gasteiger partial charge in [0.1, 0.15) is 0 Å². The summed E-state index contributed by atoms with van der Waals surface area (Å²) in [4.78, 5) is 21.7. The number of hydrogen-bond donors (Lipinski definition) is 2. The zero-order valence-electron chi connectivity index (χ0n) is 9.02. The van der Waals surface area contributed by atoms with Crippen LogP contribution in [0.2, 0.25) is 0 Å². The van der Waals surface area contributed by atoms with E-state index < -0.39 is 11.9 Å². The van der Waals surface area contributed by atoms with E-state index in [4.69, 9.17) is 5.11 Å². The summed E-state index contributed by atoms with van der Waals surface area (Å²) < 4.78 is 4.64. The minimum atomic E-state index is -1.26. The number of aliphatic hydroxyl groups excluding tert-OH is 1. The minimum absolute atomic E-state index is 0.168. The van der Waals surface area contributed by atoms with Crippen LogP contribution < -0.4 is 0 Å². The van der Waals surface area contributed by atoms with Gasteiger partial charge in [-0.1, -0.05) is 19.8 Å². The van der Waals surface area contributed by atoms with Crippen LogP contribution in [0.5, 0.6) is 0 Å². The summed E-state index contributed by atoms with van der Waals surface area (Å²) in [6.45, 7) is 2.02. The Kier molecular flexibility index (Phi) is 4.10. The lowest BCUT2D eigenvalue weighted by Crippen LogP contribution is -1.99. The number of rotatable bonds is 5. The average molecular weight is 226 g/mol. The van der Waals surface area contributed by atoms with Gasteiger partial charge >= 0.3 is 11.9 Å². The van der Waals surface area contributed by atoms with Gasteiger partial charge < -0.3 is 14.9 Å². The zero-order chi connectivity index (χ0) is 12.1. The van der Waals surface area contributed by atoms with Crippen LogP contribution in [-0.2, 0) is 14.3 Å². The van der Waals surface area contributed by atoms with E-state index >= 15 is 0 Å². The Morgan fingerprint density at radius 1 is 1.44 bits per heavy atom. The van der Waals surface area contributed by atoms with Crippen molar-refractivity contribution in [2.75, 3.05) is 0 Å². The lowest BCUT2D eigenvalue weighted by atomic mass is 10.1. The third kappa shape index (κ3) is 2.85. The van der Waals surface area contributed by atoms with Crippen LogP contribution in [0.1, 0.15) is 32.6 Å². The maximum atomic E-state index is 11.3. The SMILES string of the molecule is CCCCCC1=C(O)/C(=C\C(=O)O)OC1=O. The van der Waals surface area contributed by atoms with Crippen molar-refractivity contribution < 1.29 is 24.5 Å². The second kappa shape index (κ2) is 5.34. The minimum Gasteiger partial charge on any atom is -0.504 e. The fraction of sp³-hybridized carbons (Fsp3) is 0.455. The first-order valence-corrected chi connectivity index (χ1v) is 5.15. The highest BCUT2D eigenvalue weighted by molar-refractivity contribution is 5.95. The summed E-state index contributed by atoms with van der Waals surface area (Å²) in [6.07, 6.45) is 3.81. The molecule has 0 unspecified atom stereocenters. The third-order valence-corrected chi connectivity index (χ3v) is 2.25. The molecule has 0 aliphatic carbocycles. The smallest absolute Gasteiger partial charge is 0.343 e. The van der Waals surface area contributed by atoms with Gasteiger partial charge in [-0.15, -0.1) is 0 Å². The molecule has 1 heterocycles. The number of carboxylic acid groups (broad SMARTS) is 1. The van der Waals surface area contributed by atoms with Crippen molar-refractivity contribution >= 4 is 11.9 Å². The van der Waals surface area contributed by atoms with Crippen LogP contribution in [-0.4, -0.2) is 22.2 Å². The number of unbranched alkanes of at least 4 members (excludes halogenated alkanes) is 2. The molecule has 16 heavy (non-hydrogen) atoms. The molecule has 0 amide bonds. The molecule has 0 saturated carbocycles. The van der Waals surface area contributed by atoms with Gasteiger partial charge in [0, 0.05) is 0 Å². The second-order valence-electron chi connectivity index (χ2n) is 3.52.